The summed E-state index contributed by atoms with van der Waals surface area (Å²) in [4.78, 5) is 0. The molecule has 0 saturated carbocycles. The molecule has 62 valence electrons. The maximum atomic E-state index is 12.5. The summed E-state index contributed by atoms with van der Waals surface area (Å²) in [6.07, 6.45) is 0.889. The van der Waals surface area contributed by atoms with Crippen LogP contribution in [-0.4, -0.2) is 0 Å². The van der Waals surface area contributed by atoms with Gasteiger partial charge in [0.25, 0.3) is 0 Å². The van der Waals surface area contributed by atoms with Crippen molar-refractivity contribution in [3.05, 3.63) is 34.6 Å². The zero-order valence-corrected chi connectivity index (χ0v) is 6.45. The van der Waals surface area contributed by atoms with Gasteiger partial charge in [-0.25, -0.2) is 4.39 Å². The monoisotopic (exact) mass is 174 g/mol. The number of halogens is 2. The van der Waals surface area contributed by atoms with Crippen LogP contribution in [0.25, 0.3) is 0 Å². The Bertz CT molecular complexity index is 233. The van der Waals surface area contributed by atoms with Gasteiger partial charge in [0.05, 0.1) is 5.02 Å². The Labute approximate surface area is 72.0 Å². The van der Waals surface area contributed by atoms with Gasteiger partial charge in [-0.3, -0.25) is 0 Å². The molecule has 0 spiro atoms. The molecule has 1 aromatic rings. The number of hydrogen-bond donors (Lipinski definition) is 0. The van der Waals surface area contributed by atoms with Crippen LogP contribution in [0.1, 0.15) is 19.9 Å². The number of aryl methyl sites for hydroxylation is 1. The van der Waals surface area contributed by atoms with Crippen LogP contribution in [0.4, 0.5) is 4.39 Å². The lowest BCUT2D eigenvalue weighted by Gasteiger charge is -1.96. The summed E-state index contributed by atoms with van der Waals surface area (Å²) in [5.41, 5.74) is 1.06. The van der Waals surface area contributed by atoms with Crippen LogP contribution in [-0.2, 0) is 6.42 Å². The summed E-state index contributed by atoms with van der Waals surface area (Å²) in [7, 11) is 0. The van der Waals surface area contributed by atoms with E-state index in [1.807, 2.05) is 6.92 Å². The Kier molecular flexibility index (Phi) is 4.12. The molecule has 2 heteroatoms. The molecule has 0 aliphatic carbocycles. The zero-order chi connectivity index (χ0) is 7.56. The van der Waals surface area contributed by atoms with E-state index in [9.17, 15) is 4.39 Å². The van der Waals surface area contributed by atoms with E-state index in [1.54, 1.807) is 12.1 Å². The van der Waals surface area contributed by atoms with Crippen molar-refractivity contribution in [3.8, 4) is 0 Å². The van der Waals surface area contributed by atoms with E-state index in [0.717, 1.165) is 12.0 Å². The van der Waals surface area contributed by atoms with Crippen molar-refractivity contribution in [1.82, 2.24) is 0 Å². The van der Waals surface area contributed by atoms with E-state index < -0.39 is 0 Å². The summed E-state index contributed by atoms with van der Waals surface area (Å²) in [5, 5.41) is 0.208. The standard InChI is InChI=1S/C8H8ClF.CH4/c1-2-6-3-4-8(10)7(9)5-6;/h3-5H,2H2,1H3;1H4. The van der Waals surface area contributed by atoms with Crippen molar-refractivity contribution in [1.29, 1.82) is 0 Å². The van der Waals surface area contributed by atoms with E-state index in [4.69, 9.17) is 11.6 Å². The molecule has 0 aliphatic heterocycles. The molecule has 0 heterocycles. The van der Waals surface area contributed by atoms with Crippen molar-refractivity contribution < 1.29 is 4.39 Å². The molecule has 0 fully saturated rings. The fourth-order valence-electron chi connectivity index (χ4n) is 0.760. The van der Waals surface area contributed by atoms with Gasteiger partial charge in [0.2, 0.25) is 0 Å². The Morgan fingerprint density at radius 1 is 1.45 bits per heavy atom. The second kappa shape index (κ2) is 4.35. The maximum absolute atomic E-state index is 12.5. The third-order valence-electron chi connectivity index (χ3n) is 1.39. The number of hydrogen-bond acceptors (Lipinski definition) is 0. The SMILES string of the molecule is C.CCc1ccc(F)c(Cl)c1. The van der Waals surface area contributed by atoms with Crippen LogP contribution in [0.3, 0.4) is 0 Å². The van der Waals surface area contributed by atoms with Crippen LogP contribution in [0.15, 0.2) is 18.2 Å². The highest BCUT2D eigenvalue weighted by Crippen LogP contribution is 2.15. The van der Waals surface area contributed by atoms with E-state index in [2.05, 4.69) is 0 Å². The highest BCUT2D eigenvalue weighted by molar-refractivity contribution is 6.30. The van der Waals surface area contributed by atoms with E-state index in [-0.39, 0.29) is 18.3 Å². The lowest BCUT2D eigenvalue weighted by Crippen LogP contribution is -1.81. The summed E-state index contributed by atoms with van der Waals surface area (Å²) < 4.78 is 12.5. The lowest BCUT2D eigenvalue weighted by atomic mass is 10.2. The van der Waals surface area contributed by atoms with Crippen molar-refractivity contribution >= 4 is 11.6 Å². The minimum Gasteiger partial charge on any atom is -0.205 e. The third-order valence-corrected chi connectivity index (χ3v) is 1.68. The van der Waals surface area contributed by atoms with E-state index in [1.165, 1.54) is 6.07 Å². The molecule has 0 aliphatic rings. The Morgan fingerprint density at radius 2 is 2.09 bits per heavy atom. The first kappa shape index (κ1) is 10.4. The van der Waals surface area contributed by atoms with Crippen molar-refractivity contribution in [2.45, 2.75) is 20.8 Å². The van der Waals surface area contributed by atoms with E-state index >= 15 is 0 Å². The molecule has 0 bridgehead atoms. The lowest BCUT2D eigenvalue weighted by molar-refractivity contribution is 0.627. The molecule has 1 rings (SSSR count). The van der Waals surface area contributed by atoms with Gasteiger partial charge >= 0.3 is 0 Å². The molecule has 0 aromatic heterocycles. The van der Waals surface area contributed by atoms with Crippen molar-refractivity contribution in [2.75, 3.05) is 0 Å². The topological polar surface area (TPSA) is 0 Å². The van der Waals surface area contributed by atoms with Gasteiger partial charge in [-0.05, 0) is 24.1 Å². The molecular weight excluding hydrogens is 163 g/mol. The number of benzene rings is 1. The van der Waals surface area contributed by atoms with Gasteiger partial charge in [0, 0.05) is 0 Å². The summed E-state index contributed by atoms with van der Waals surface area (Å²) in [5.74, 6) is -0.348. The van der Waals surface area contributed by atoms with Gasteiger partial charge in [0.1, 0.15) is 5.82 Å². The van der Waals surface area contributed by atoms with Gasteiger partial charge in [0.15, 0.2) is 0 Å². The molecule has 0 atom stereocenters. The summed E-state index contributed by atoms with van der Waals surface area (Å²) >= 11 is 5.52. The first-order valence-corrected chi connectivity index (χ1v) is 3.55. The Hall–Kier alpha value is -0.560. The maximum Gasteiger partial charge on any atom is 0.141 e. The highest BCUT2D eigenvalue weighted by Gasteiger charge is 1.97. The number of rotatable bonds is 1. The predicted molar refractivity (Wildman–Crippen MR) is 47.5 cm³/mol. The predicted octanol–water partition coefficient (Wildman–Crippen LogP) is 3.68. The van der Waals surface area contributed by atoms with Gasteiger partial charge in [-0.2, -0.15) is 0 Å². The molecule has 0 radical (unpaired) electrons. The van der Waals surface area contributed by atoms with Crippen LogP contribution in [0.2, 0.25) is 5.02 Å². The first-order valence-electron chi connectivity index (χ1n) is 3.18. The second-order valence-corrected chi connectivity index (χ2v) is 2.51. The second-order valence-electron chi connectivity index (χ2n) is 2.10. The average molecular weight is 175 g/mol. The smallest absolute Gasteiger partial charge is 0.141 e. The van der Waals surface area contributed by atoms with Gasteiger partial charge < -0.3 is 0 Å². The molecule has 0 amide bonds. The largest absolute Gasteiger partial charge is 0.205 e. The van der Waals surface area contributed by atoms with Crippen molar-refractivity contribution in [3.63, 3.8) is 0 Å². The molecule has 0 saturated heterocycles. The molecule has 0 unspecified atom stereocenters. The fraction of sp³-hybridized carbons (Fsp3) is 0.333. The zero-order valence-electron chi connectivity index (χ0n) is 5.70. The molecule has 0 N–H and O–H groups in total. The Balaban J connectivity index is 0.000001000. The minimum atomic E-state index is -0.348. The fourth-order valence-corrected chi connectivity index (χ4v) is 0.963. The minimum absolute atomic E-state index is 0. The Morgan fingerprint density at radius 3 is 2.55 bits per heavy atom. The quantitative estimate of drug-likeness (QED) is 0.610. The van der Waals surface area contributed by atoms with Gasteiger partial charge in [-0.1, -0.05) is 32.0 Å². The molecular formula is C9H12ClF. The van der Waals surface area contributed by atoms with Crippen LogP contribution < -0.4 is 0 Å². The molecule has 11 heavy (non-hydrogen) atoms. The van der Waals surface area contributed by atoms with E-state index in [0.29, 0.717) is 0 Å². The summed E-state index contributed by atoms with van der Waals surface area (Å²) in [6.45, 7) is 2.00. The third kappa shape index (κ3) is 2.51. The normalized spacial score (nSPS) is 9.00. The summed E-state index contributed by atoms with van der Waals surface area (Å²) in [6, 6.07) is 4.78. The molecule has 1 aromatic carbocycles. The van der Waals surface area contributed by atoms with Crippen LogP contribution in [0, 0.1) is 5.82 Å². The average Bonchev–Trinajstić information content (AvgIpc) is 1.95. The van der Waals surface area contributed by atoms with Crippen molar-refractivity contribution in [2.24, 2.45) is 0 Å². The molecule has 0 nitrogen and oxygen atoms in total. The van der Waals surface area contributed by atoms with Gasteiger partial charge in [-0.15, -0.1) is 0 Å². The van der Waals surface area contributed by atoms with Crippen LogP contribution in [0.5, 0.6) is 0 Å². The van der Waals surface area contributed by atoms with Crippen LogP contribution >= 0.6 is 11.6 Å². The highest BCUT2D eigenvalue weighted by atomic mass is 35.5. The first-order chi connectivity index (χ1) is 4.74.